The fourth-order valence-electron chi connectivity index (χ4n) is 3.25. The van der Waals surface area contributed by atoms with Crippen LogP contribution in [0.3, 0.4) is 0 Å². The molecule has 1 unspecified atom stereocenters. The van der Waals surface area contributed by atoms with E-state index >= 15 is 0 Å². The van der Waals surface area contributed by atoms with Crippen LogP contribution in [0.15, 0.2) is 76.7 Å². The second-order valence-electron chi connectivity index (χ2n) is 6.41. The minimum Gasteiger partial charge on any atom is -0.268 e. The first kappa shape index (κ1) is 18.2. The second kappa shape index (κ2) is 7.12. The molecule has 0 aliphatic carbocycles. The summed E-state index contributed by atoms with van der Waals surface area (Å²) in [5, 5.41) is 11.4. The maximum atomic E-state index is 13.4. The van der Waals surface area contributed by atoms with Gasteiger partial charge >= 0.3 is 5.69 Å². The lowest BCUT2D eigenvalue weighted by molar-refractivity contribution is -0.384. The van der Waals surface area contributed by atoms with Crippen molar-refractivity contribution in [3.8, 4) is 5.69 Å². The van der Waals surface area contributed by atoms with Gasteiger partial charge in [0.05, 0.1) is 22.0 Å². The fourth-order valence-corrected chi connectivity index (χ4v) is 3.25. The number of hydrogen-bond donors (Lipinski definition) is 0. The molecule has 0 spiro atoms. The molecular weight excluding hydrogens is 374 g/mol. The zero-order chi connectivity index (χ0) is 20.5. The van der Waals surface area contributed by atoms with Crippen LogP contribution in [0.25, 0.3) is 16.7 Å². The first-order chi connectivity index (χ1) is 14.0. The van der Waals surface area contributed by atoms with Gasteiger partial charge in [-0.3, -0.25) is 24.5 Å². The number of non-ortho nitro benzene ring substituents is 1. The number of fused-ring (bicyclic) bond motifs is 1. The van der Waals surface area contributed by atoms with E-state index in [0.717, 1.165) is 4.57 Å². The molecule has 0 aliphatic rings. The van der Waals surface area contributed by atoms with Gasteiger partial charge in [-0.2, -0.15) is 0 Å². The van der Waals surface area contributed by atoms with E-state index in [1.165, 1.54) is 29.0 Å². The summed E-state index contributed by atoms with van der Waals surface area (Å²) in [6.07, 6.45) is 4.65. The van der Waals surface area contributed by atoms with Crippen molar-refractivity contribution in [2.45, 2.75) is 13.0 Å². The highest BCUT2D eigenvalue weighted by atomic mass is 16.6. The average molecular weight is 389 g/mol. The first-order valence-electron chi connectivity index (χ1n) is 8.76. The molecule has 144 valence electrons. The molecule has 0 N–H and O–H groups in total. The Morgan fingerprint density at radius 1 is 1.07 bits per heavy atom. The molecule has 9 nitrogen and oxygen atoms in total. The van der Waals surface area contributed by atoms with Crippen molar-refractivity contribution in [2.24, 2.45) is 0 Å². The highest BCUT2D eigenvalue weighted by Crippen LogP contribution is 2.19. The maximum absolute atomic E-state index is 13.4. The number of rotatable bonds is 4. The normalized spacial score (nSPS) is 12.0. The van der Waals surface area contributed by atoms with Crippen LogP contribution < -0.4 is 11.2 Å². The highest BCUT2D eigenvalue weighted by Gasteiger charge is 2.21. The van der Waals surface area contributed by atoms with E-state index in [0.29, 0.717) is 5.56 Å². The van der Waals surface area contributed by atoms with Gasteiger partial charge in [-0.1, -0.05) is 12.1 Å². The third-order valence-corrected chi connectivity index (χ3v) is 4.70. The summed E-state index contributed by atoms with van der Waals surface area (Å²) in [5.41, 5.74) is -0.232. The van der Waals surface area contributed by atoms with Gasteiger partial charge in [-0.15, -0.1) is 0 Å². The quantitative estimate of drug-likeness (QED) is 0.391. The van der Waals surface area contributed by atoms with Gasteiger partial charge < -0.3 is 0 Å². The van der Waals surface area contributed by atoms with Crippen LogP contribution in [0.4, 0.5) is 5.69 Å². The molecular formula is C20H15N5O4. The summed E-state index contributed by atoms with van der Waals surface area (Å²) in [6, 6.07) is 11.7. The number of nitro benzene ring substituents is 1. The molecule has 3 aromatic heterocycles. The van der Waals surface area contributed by atoms with Gasteiger partial charge in [0.2, 0.25) is 0 Å². The number of aromatic nitrogens is 4. The number of pyridine rings is 2. The molecule has 1 aromatic carbocycles. The number of benzene rings is 1. The van der Waals surface area contributed by atoms with Crippen molar-refractivity contribution >= 4 is 16.7 Å². The lowest BCUT2D eigenvalue weighted by Gasteiger charge is -2.18. The van der Waals surface area contributed by atoms with Gasteiger partial charge in [0.1, 0.15) is 0 Å². The SMILES string of the molecule is CC(c1cccnc1)n1c(=O)c2cccnc2n(-c2cccc([N+](=O)[O-])c2)c1=O. The minimum atomic E-state index is -0.641. The Morgan fingerprint density at radius 2 is 1.86 bits per heavy atom. The smallest absolute Gasteiger partial charge is 0.268 e. The van der Waals surface area contributed by atoms with Gasteiger partial charge in [0.15, 0.2) is 5.65 Å². The molecule has 3 heterocycles. The fraction of sp³-hybridized carbons (Fsp3) is 0.100. The Hall–Kier alpha value is -4.14. The van der Waals surface area contributed by atoms with Crippen molar-refractivity contribution in [1.29, 1.82) is 0 Å². The predicted molar refractivity (Wildman–Crippen MR) is 106 cm³/mol. The molecule has 0 aliphatic heterocycles. The molecule has 0 saturated heterocycles. The largest absolute Gasteiger partial charge is 0.337 e. The van der Waals surface area contributed by atoms with E-state index in [9.17, 15) is 19.7 Å². The monoisotopic (exact) mass is 389 g/mol. The Balaban J connectivity index is 2.08. The lowest BCUT2D eigenvalue weighted by Crippen LogP contribution is -2.41. The summed E-state index contributed by atoms with van der Waals surface area (Å²) in [6.45, 7) is 1.72. The molecule has 9 heteroatoms. The molecule has 0 fully saturated rings. The van der Waals surface area contributed by atoms with Crippen LogP contribution in [0.5, 0.6) is 0 Å². The maximum Gasteiger partial charge on any atom is 0.337 e. The molecule has 4 rings (SSSR count). The second-order valence-corrected chi connectivity index (χ2v) is 6.41. The van der Waals surface area contributed by atoms with E-state index in [1.807, 2.05) is 0 Å². The third-order valence-electron chi connectivity index (χ3n) is 4.70. The van der Waals surface area contributed by atoms with E-state index in [-0.39, 0.29) is 22.4 Å². The van der Waals surface area contributed by atoms with E-state index in [1.54, 1.807) is 49.6 Å². The van der Waals surface area contributed by atoms with Crippen LogP contribution in [-0.4, -0.2) is 24.0 Å². The standard InChI is InChI=1S/C20H15N5O4/c1-13(14-5-3-9-21-12-14)23-19(26)17-8-4-10-22-18(17)24(20(23)27)15-6-2-7-16(11-15)25(28)29/h2-13H,1H3. The minimum absolute atomic E-state index is 0.137. The molecule has 0 saturated carbocycles. The lowest BCUT2D eigenvalue weighted by atomic mass is 10.1. The first-order valence-corrected chi connectivity index (χ1v) is 8.76. The summed E-state index contributed by atoms with van der Waals surface area (Å²) >= 11 is 0. The Morgan fingerprint density at radius 3 is 2.59 bits per heavy atom. The van der Waals surface area contributed by atoms with Crippen molar-refractivity contribution in [1.82, 2.24) is 19.1 Å². The highest BCUT2D eigenvalue weighted by molar-refractivity contribution is 5.75. The Labute approximate surface area is 163 Å². The molecule has 0 amide bonds. The van der Waals surface area contributed by atoms with E-state index in [4.69, 9.17) is 0 Å². The Kier molecular flexibility index (Phi) is 4.47. The molecule has 29 heavy (non-hydrogen) atoms. The molecule has 0 bridgehead atoms. The van der Waals surface area contributed by atoms with Crippen molar-refractivity contribution < 1.29 is 4.92 Å². The van der Waals surface area contributed by atoms with E-state index in [2.05, 4.69) is 9.97 Å². The van der Waals surface area contributed by atoms with Gasteiger partial charge in [0.25, 0.3) is 11.2 Å². The summed E-state index contributed by atoms with van der Waals surface area (Å²) < 4.78 is 2.33. The van der Waals surface area contributed by atoms with Crippen molar-refractivity contribution in [3.63, 3.8) is 0 Å². The zero-order valence-electron chi connectivity index (χ0n) is 15.3. The van der Waals surface area contributed by atoms with Crippen LogP contribution in [0, 0.1) is 10.1 Å². The van der Waals surface area contributed by atoms with Gasteiger partial charge in [-0.25, -0.2) is 14.3 Å². The molecule has 4 aromatic rings. The zero-order valence-corrected chi connectivity index (χ0v) is 15.3. The number of nitro groups is 1. The summed E-state index contributed by atoms with van der Waals surface area (Å²) in [5.74, 6) is 0. The van der Waals surface area contributed by atoms with Crippen LogP contribution in [-0.2, 0) is 0 Å². The summed E-state index contributed by atoms with van der Waals surface area (Å²) in [4.78, 5) is 45.4. The number of hydrogen-bond acceptors (Lipinski definition) is 6. The summed E-state index contributed by atoms with van der Waals surface area (Å²) in [7, 11) is 0. The number of nitrogens with zero attached hydrogens (tertiary/aromatic N) is 5. The predicted octanol–water partition coefficient (Wildman–Crippen LogP) is 2.46. The molecule has 1 atom stereocenters. The third kappa shape index (κ3) is 3.08. The van der Waals surface area contributed by atoms with Crippen LogP contribution >= 0.6 is 0 Å². The van der Waals surface area contributed by atoms with Crippen LogP contribution in [0.2, 0.25) is 0 Å². The Bertz CT molecular complexity index is 1340. The topological polar surface area (TPSA) is 113 Å². The van der Waals surface area contributed by atoms with E-state index < -0.39 is 22.2 Å². The average Bonchev–Trinajstić information content (AvgIpc) is 2.74. The van der Waals surface area contributed by atoms with Gasteiger partial charge in [0, 0.05) is 30.7 Å². The van der Waals surface area contributed by atoms with Crippen molar-refractivity contribution in [3.05, 3.63) is 104 Å². The van der Waals surface area contributed by atoms with Gasteiger partial charge in [-0.05, 0) is 36.8 Å². The van der Waals surface area contributed by atoms with Crippen LogP contribution in [0.1, 0.15) is 18.5 Å². The molecule has 0 radical (unpaired) electrons. The van der Waals surface area contributed by atoms with Crippen molar-refractivity contribution in [2.75, 3.05) is 0 Å².